The predicted octanol–water partition coefficient (Wildman–Crippen LogP) is 2.89. The van der Waals surface area contributed by atoms with E-state index < -0.39 is 16.3 Å². The van der Waals surface area contributed by atoms with E-state index in [-0.39, 0.29) is 22.3 Å². The van der Waals surface area contributed by atoms with E-state index in [0.717, 1.165) is 18.7 Å². The van der Waals surface area contributed by atoms with Gasteiger partial charge in [-0.1, -0.05) is 30.3 Å². The Kier molecular flexibility index (Phi) is 3.83. The molecule has 0 radical (unpaired) electrons. The lowest BCUT2D eigenvalue weighted by Gasteiger charge is -2.07. The van der Waals surface area contributed by atoms with Gasteiger partial charge in [0.15, 0.2) is 5.43 Å². The lowest BCUT2D eigenvalue weighted by Crippen LogP contribution is -2.12. The third-order valence-electron chi connectivity index (χ3n) is 3.63. The van der Waals surface area contributed by atoms with Crippen LogP contribution >= 0.6 is 0 Å². The zero-order valence-corrected chi connectivity index (χ0v) is 12.6. The molecule has 0 amide bonds. The molecule has 3 aromatic rings. The molecule has 1 N–H and O–H groups in total. The molecule has 0 aliphatic heterocycles. The van der Waals surface area contributed by atoms with Crippen LogP contribution in [0.5, 0.6) is 0 Å². The molecule has 0 bridgehead atoms. The van der Waals surface area contributed by atoms with Gasteiger partial charge in [0.25, 0.3) is 5.69 Å². The molecular formula is C17H12N2O5. The topological polar surface area (TPSA) is 102 Å². The highest BCUT2D eigenvalue weighted by molar-refractivity contribution is 5.96. The Morgan fingerprint density at radius 1 is 1.12 bits per heavy atom. The smallest absolute Gasteiger partial charge is 0.354 e. The summed E-state index contributed by atoms with van der Waals surface area (Å²) in [6.45, 7) is 0. The number of nitrogens with zero attached hydrogens (tertiary/aromatic N) is 1. The number of H-pyrrole nitrogens is 1. The lowest BCUT2D eigenvalue weighted by molar-refractivity contribution is -0.383. The first-order valence-electron chi connectivity index (χ1n) is 7.00. The van der Waals surface area contributed by atoms with Gasteiger partial charge in [0, 0.05) is 12.1 Å². The molecule has 0 spiro atoms. The normalized spacial score (nSPS) is 10.5. The van der Waals surface area contributed by atoms with Crippen LogP contribution in [0, 0.1) is 10.1 Å². The number of non-ortho nitro benzene ring substituents is 1. The number of ether oxygens (including phenoxy) is 1. The quantitative estimate of drug-likeness (QED) is 0.453. The summed E-state index contributed by atoms with van der Waals surface area (Å²) in [5.41, 5.74) is 0.377. The Bertz CT molecular complexity index is 1010. The summed E-state index contributed by atoms with van der Waals surface area (Å²) in [6, 6.07) is 13.0. The maximum atomic E-state index is 12.3. The average Bonchev–Trinajstić information content (AvgIpc) is 2.60. The van der Waals surface area contributed by atoms with E-state index >= 15 is 0 Å². The number of hydrogen-bond acceptors (Lipinski definition) is 5. The van der Waals surface area contributed by atoms with Crippen molar-refractivity contribution < 1.29 is 14.5 Å². The summed E-state index contributed by atoms with van der Waals surface area (Å²) in [5, 5.41) is 11.6. The van der Waals surface area contributed by atoms with Gasteiger partial charge in [0.05, 0.1) is 17.4 Å². The molecule has 0 aliphatic carbocycles. The van der Waals surface area contributed by atoms with E-state index in [0.29, 0.717) is 5.56 Å². The highest BCUT2D eigenvalue weighted by atomic mass is 16.6. The third-order valence-corrected chi connectivity index (χ3v) is 3.63. The van der Waals surface area contributed by atoms with E-state index in [1.54, 1.807) is 30.3 Å². The standard InChI is InChI=1S/C17H12N2O5/c1-24-17(21)13-9-15(20)12-7-11(10-5-3-2-4-6-10)8-14(19(22)23)16(12)18-13/h2-9H,1H3,(H,18,20). The predicted molar refractivity (Wildman–Crippen MR) is 88.0 cm³/mol. The number of aromatic amines is 1. The number of nitrogens with one attached hydrogen (secondary N) is 1. The molecule has 24 heavy (non-hydrogen) atoms. The van der Waals surface area contributed by atoms with Crippen LogP contribution in [-0.4, -0.2) is 23.0 Å². The van der Waals surface area contributed by atoms with Crippen molar-refractivity contribution >= 4 is 22.6 Å². The molecule has 2 aromatic carbocycles. The first-order valence-corrected chi connectivity index (χ1v) is 7.00. The van der Waals surface area contributed by atoms with Gasteiger partial charge in [-0.05, 0) is 17.2 Å². The summed E-state index contributed by atoms with van der Waals surface area (Å²) in [7, 11) is 1.16. The fourth-order valence-electron chi connectivity index (χ4n) is 2.49. The number of carbonyl (C=O) groups is 1. The Balaban J connectivity index is 2.35. The number of benzene rings is 2. The Morgan fingerprint density at radius 2 is 1.83 bits per heavy atom. The van der Waals surface area contributed by atoms with Crippen molar-refractivity contribution in [2.75, 3.05) is 7.11 Å². The van der Waals surface area contributed by atoms with Crippen molar-refractivity contribution in [2.45, 2.75) is 0 Å². The number of methoxy groups -OCH3 is 1. The van der Waals surface area contributed by atoms with E-state index in [1.807, 2.05) is 6.07 Å². The number of nitro benzene ring substituents is 1. The average molecular weight is 324 g/mol. The number of aromatic nitrogens is 1. The van der Waals surface area contributed by atoms with Crippen LogP contribution in [0.3, 0.4) is 0 Å². The number of pyridine rings is 1. The molecule has 0 saturated carbocycles. The summed E-state index contributed by atoms with van der Waals surface area (Å²) >= 11 is 0. The van der Waals surface area contributed by atoms with Crippen molar-refractivity contribution in [1.82, 2.24) is 4.98 Å². The number of esters is 1. The Morgan fingerprint density at radius 3 is 2.46 bits per heavy atom. The van der Waals surface area contributed by atoms with E-state index in [9.17, 15) is 19.7 Å². The molecular weight excluding hydrogens is 312 g/mol. The van der Waals surface area contributed by atoms with Crippen molar-refractivity contribution in [2.24, 2.45) is 0 Å². The van der Waals surface area contributed by atoms with Crippen molar-refractivity contribution in [3.8, 4) is 11.1 Å². The van der Waals surface area contributed by atoms with Gasteiger partial charge < -0.3 is 9.72 Å². The van der Waals surface area contributed by atoms with Gasteiger partial charge >= 0.3 is 5.97 Å². The van der Waals surface area contributed by atoms with Crippen LogP contribution < -0.4 is 5.43 Å². The van der Waals surface area contributed by atoms with Crippen LogP contribution in [0.15, 0.2) is 53.3 Å². The minimum atomic E-state index is -0.768. The van der Waals surface area contributed by atoms with Crippen LogP contribution in [0.4, 0.5) is 5.69 Å². The zero-order valence-electron chi connectivity index (χ0n) is 12.6. The Hall–Kier alpha value is -3.48. The zero-order chi connectivity index (χ0) is 17.3. The first kappa shape index (κ1) is 15.4. The number of hydrogen-bond donors (Lipinski definition) is 1. The van der Waals surface area contributed by atoms with Crippen LogP contribution in [0.25, 0.3) is 22.0 Å². The summed E-state index contributed by atoms with van der Waals surface area (Å²) in [6.07, 6.45) is 0. The highest BCUT2D eigenvalue weighted by Crippen LogP contribution is 2.30. The number of carbonyl (C=O) groups excluding carboxylic acids is 1. The van der Waals surface area contributed by atoms with Gasteiger partial charge in [0.1, 0.15) is 11.2 Å². The number of rotatable bonds is 3. The van der Waals surface area contributed by atoms with E-state index in [4.69, 9.17) is 0 Å². The second-order valence-corrected chi connectivity index (χ2v) is 5.08. The minimum absolute atomic E-state index is 0.00687. The van der Waals surface area contributed by atoms with Gasteiger partial charge in [-0.3, -0.25) is 14.9 Å². The second-order valence-electron chi connectivity index (χ2n) is 5.08. The molecule has 0 fully saturated rings. The molecule has 0 saturated heterocycles. The molecule has 1 aromatic heterocycles. The van der Waals surface area contributed by atoms with Gasteiger partial charge in [-0.25, -0.2) is 4.79 Å². The first-order chi connectivity index (χ1) is 11.5. The van der Waals surface area contributed by atoms with Crippen molar-refractivity contribution in [1.29, 1.82) is 0 Å². The summed E-state index contributed by atoms with van der Waals surface area (Å²) in [4.78, 5) is 37.4. The molecule has 0 atom stereocenters. The second kappa shape index (κ2) is 5.96. The molecule has 120 valence electrons. The highest BCUT2D eigenvalue weighted by Gasteiger charge is 2.19. The molecule has 0 unspecified atom stereocenters. The largest absolute Gasteiger partial charge is 0.464 e. The van der Waals surface area contributed by atoms with Crippen LogP contribution in [0.1, 0.15) is 10.5 Å². The Labute approximate surface area is 135 Å². The molecule has 7 nitrogen and oxygen atoms in total. The van der Waals surface area contributed by atoms with Crippen molar-refractivity contribution in [3.05, 3.63) is 74.6 Å². The summed E-state index contributed by atoms with van der Waals surface area (Å²) in [5.74, 6) is -0.768. The minimum Gasteiger partial charge on any atom is -0.464 e. The summed E-state index contributed by atoms with van der Waals surface area (Å²) < 4.78 is 4.55. The monoisotopic (exact) mass is 324 g/mol. The van der Waals surface area contributed by atoms with Gasteiger partial charge in [-0.2, -0.15) is 0 Å². The van der Waals surface area contributed by atoms with Crippen molar-refractivity contribution in [3.63, 3.8) is 0 Å². The maximum Gasteiger partial charge on any atom is 0.354 e. The third kappa shape index (κ3) is 2.63. The number of nitro groups is 1. The molecule has 1 heterocycles. The van der Waals surface area contributed by atoms with E-state index in [2.05, 4.69) is 9.72 Å². The van der Waals surface area contributed by atoms with Crippen LogP contribution in [-0.2, 0) is 4.74 Å². The fourth-order valence-corrected chi connectivity index (χ4v) is 2.49. The SMILES string of the molecule is COC(=O)c1cc(=O)c2cc(-c3ccccc3)cc([N+](=O)[O-])c2[nH]1. The molecule has 0 aliphatic rings. The fraction of sp³-hybridized carbons (Fsp3) is 0.0588. The number of fused-ring (bicyclic) bond motifs is 1. The van der Waals surface area contributed by atoms with Gasteiger partial charge in [0.2, 0.25) is 0 Å². The van der Waals surface area contributed by atoms with Crippen LogP contribution in [0.2, 0.25) is 0 Å². The van der Waals surface area contributed by atoms with Gasteiger partial charge in [-0.15, -0.1) is 0 Å². The molecule has 3 rings (SSSR count). The van der Waals surface area contributed by atoms with E-state index in [1.165, 1.54) is 6.07 Å². The molecule has 7 heteroatoms. The lowest BCUT2D eigenvalue weighted by atomic mass is 10.0. The maximum absolute atomic E-state index is 12.3.